The highest BCUT2D eigenvalue weighted by atomic mass is 35.5. The van der Waals surface area contributed by atoms with Crippen molar-refractivity contribution in [2.24, 2.45) is 0 Å². The van der Waals surface area contributed by atoms with Gasteiger partial charge in [0.25, 0.3) is 5.91 Å². The Balaban J connectivity index is 2.14. The number of amides is 1. The fraction of sp³-hybridized carbons (Fsp3) is 0.261. The van der Waals surface area contributed by atoms with E-state index in [9.17, 15) is 9.59 Å². The van der Waals surface area contributed by atoms with Gasteiger partial charge in [0, 0.05) is 30.4 Å². The van der Waals surface area contributed by atoms with Gasteiger partial charge in [-0.15, -0.1) is 0 Å². The maximum atomic E-state index is 13.2. The van der Waals surface area contributed by atoms with Gasteiger partial charge in [-0.2, -0.15) is 4.98 Å². The van der Waals surface area contributed by atoms with Crippen LogP contribution in [0.25, 0.3) is 5.69 Å². The third-order valence-corrected chi connectivity index (χ3v) is 4.46. The van der Waals surface area contributed by atoms with Crippen LogP contribution in [-0.2, 0) is 4.74 Å². The van der Waals surface area contributed by atoms with E-state index in [4.69, 9.17) is 16.3 Å². The molecule has 1 aromatic heterocycles. The molecule has 7 nitrogen and oxygen atoms in total. The summed E-state index contributed by atoms with van der Waals surface area (Å²) in [6.45, 7) is 5.35. The first-order valence-electron chi connectivity index (χ1n) is 9.72. The van der Waals surface area contributed by atoms with Gasteiger partial charge < -0.3 is 15.0 Å². The highest BCUT2D eigenvalue weighted by Gasteiger charge is 2.30. The second kappa shape index (κ2) is 8.81. The Labute approximate surface area is 186 Å². The van der Waals surface area contributed by atoms with Gasteiger partial charge in [-0.1, -0.05) is 29.8 Å². The fourth-order valence-corrected chi connectivity index (χ4v) is 3.04. The molecular weight excluding hydrogens is 416 g/mol. The number of carbonyl (C=O) groups excluding carboxylic acids is 2. The number of aromatic nitrogens is 2. The second-order valence-corrected chi connectivity index (χ2v) is 8.57. The number of halogens is 1. The van der Waals surface area contributed by atoms with Crippen LogP contribution in [0, 0.1) is 0 Å². The minimum absolute atomic E-state index is 0.113. The summed E-state index contributed by atoms with van der Waals surface area (Å²) in [5, 5.41) is 3.28. The number of nitrogens with zero attached hydrogens (tertiary/aromatic N) is 3. The molecule has 0 bridgehead atoms. The number of nitrogens with one attached hydrogen (secondary N) is 1. The zero-order valence-corrected chi connectivity index (χ0v) is 18.9. The van der Waals surface area contributed by atoms with Gasteiger partial charge in [-0.3, -0.25) is 9.36 Å². The van der Waals surface area contributed by atoms with Gasteiger partial charge in [-0.05, 0) is 57.2 Å². The summed E-state index contributed by atoms with van der Waals surface area (Å²) in [6, 6.07) is 15.8. The van der Waals surface area contributed by atoms with Gasteiger partial charge in [0.2, 0.25) is 5.95 Å². The number of benzene rings is 2. The van der Waals surface area contributed by atoms with Gasteiger partial charge in [0.1, 0.15) is 5.60 Å². The predicted octanol–water partition coefficient (Wildman–Crippen LogP) is 4.80. The molecule has 0 aliphatic heterocycles. The van der Waals surface area contributed by atoms with Crippen LogP contribution in [0.15, 0.2) is 54.6 Å². The van der Waals surface area contributed by atoms with Crippen molar-refractivity contribution in [2.75, 3.05) is 24.3 Å². The third-order valence-electron chi connectivity index (χ3n) is 4.20. The van der Waals surface area contributed by atoms with Crippen LogP contribution < -0.4 is 10.2 Å². The largest absolute Gasteiger partial charge is 0.455 e. The Morgan fingerprint density at radius 1 is 1.03 bits per heavy atom. The summed E-state index contributed by atoms with van der Waals surface area (Å²) < 4.78 is 7.31. The number of carbonyl (C=O) groups is 2. The van der Waals surface area contributed by atoms with E-state index in [1.54, 1.807) is 54.5 Å². The third kappa shape index (κ3) is 5.24. The van der Waals surface area contributed by atoms with E-state index in [0.29, 0.717) is 22.2 Å². The summed E-state index contributed by atoms with van der Waals surface area (Å²) in [5.74, 6) is -0.423. The molecule has 0 aliphatic rings. The molecule has 0 unspecified atom stereocenters. The van der Waals surface area contributed by atoms with Crippen molar-refractivity contribution in [1.29, 1.82) is 0 Å². The smallest absolute Gasteiger partial charge is 0.359 e. The molecule has 162 valence electrons. The summed E-state index contributed by atoms with van der Waals surface area (Å²) in [4.78, 5) is 32.4. The molecule has 0 fully saturated rings. The molecule has 8 heteroatoms. The number of hydrogen-bond donors (Lipinski definition) is 1. The number of rotatable bonds is 5. The predicted molar refractivity (Wildman–Crippen MR) is 122 cm³/mol. The van der Waals surface area contributed by atoms with Crippen molar-refractivity contribution in [1.82, 2.24) is 9.55 Å². The average molecular weight is 441 g/mol. The van der Waals surface area contributed by atoms with Crippen LogP contribution in [0.4, 0.5) is 11.8 Å². The molecule has 3 aromatic rings. The number of imidazole rings is 1. The molecule has 0 aliphatic carbocycles. The molecule has 1 amide bonds. The zero-order chi connectivity index (χ0) is 22.8. The normalized spacial score (nSPS) is 11.2. The molecule has 3 rings (SSSR count). The first-order valence-corrected chi connectivity index (χ1v) is 10.1. The number of anilines is 2. The second-order valence-electron chi connectivity index (χ2n) is 8.14. The molecule has 0 spiro atoms. The van der Waals surface area contributed by atoms with Crippen molar-refractivity contribution in [2.45, 2.75) is 26.4 Å². The van der Waals surface area contributed by atoms with E-state index < -0.39 is 17.5 Å². The number of esters is 1. The van der Waals surface area contributed by atoms with E-state index in [2.05, 4.69) is 10.3 Å². The van der Waals surface area contributed by atoms with Crippen LogP contribution in [0.2, 0.25) is 5.02 Å². The fourth-order valence-electron chi connectivity index (χ4n) is 2.91. The Hall–Kier alpha value is -3.32. The minimum atomic E-state index is -0.724. The van der Waals surface area contributed by atoms with E-state index in [1.807, 2.05) is 44.4 Å². The van der Waals surface area contributed by atoms with Crippen molar-refractivity contribution in [3.8, 4) is 5.69 Å². The first kappa shape index (κ1) is 22.4. The highest BCUT2D eigenvalue weighted by Crippen LogP contribution is 2.29. The lowest BCUT2D eigenvalue weighted by molar-refractivity contribution is 0.00619. The molecule has 0 saturated carbocycles. The summed E-state index contributed by atoms with van der Waals surface area (Å²) >= 11 is 5.92. The van der Waals surface area contributed by atoms with Gasteiger partial charge in [0.05, 0.1) is 0 Å². The van der Waals surface area contributed by atoms with Crippen molar-refractivity contribution < 1.29 is 14.3 Å². The van der Waals surface area contributed by atoms with E-state index in [1.165, 1.54) is 0 Å². The van der Waals surface area contributed by atoms with Gasteiger partial charge in [0.15, 0.2) is 11.5 Å². The van der Waals surface area contributed by atoms with Crippen LogP contribution in [0.3, 0.4) is 0 Å². The lowest BCUT2D eigenvalue weighted by Crippen LogP contribution is -2.27. The molecule has 31 heavy (non-hydrogen) atoms. The SMILES string of the molecule is CN(C)c1nc(NC(=O)c2ccc(Cl)cc2)c(C(=O)OC(C)(C)C)n1-c1ccccc1. The van der Waals surface area contributed by atoms with Crippen LogP contribution in [0.1, 0.15) is 41.6 Å². The average Bonchev–Trinajstić information content (AvgIpc) is 3.07. The summed E-state index contributed by atoms with van der Waals surface area (Å²) in [7, 11) is 3.62. The molecule has 0 radical (unpaired) electrons. The number of ether oxygens (including phenoxy) is 1. The van der Waals surface area contributed by atoms with Crippen LogP contribution in [-0.4, -0.2) is 41.1 Å². The minimum Gasteiger partial charge on any atom is -0.455 e. The van der Waals surface area contributed by atoms with E-state index in [0.717, 1.165) is 0 Å². The Bertz CT molecular complexity index is 1080. The van der Waals surface area contributed by atoms with Crippen molar-refractivity contribution in [3.63, 3.8) is 0 Å². The molecule has 2 aromatic carbocycles. The zero-order valence-electron chi connectivity index (χ0n) is 18.1. The lowest BCUT2D eigenvalue weighted by Gasteiger charge is -2.21. The van der Waals surface area contributed by atoms with Crippen LogP contribution >= 0.6 is 11.6 Å². The molecule has 1 heterocycles. The van der Waals surface area contributed by atoms with Crippen molar-refractivity contribution >= 4 is 35.2 Å². The summed E-state index contributed by atoms with van der Waals surface area (Å²) in [6.07, 6.45) is 0. The van der Waals surface area contributed by atoms with Crippen LogP contribution in [0.5, 0.6) is 0 Å². The number of para-hydroxylation sites is 1. The highest BCUT2D eigenvalue weighted by molar-refractivity contribution is 6.30. The molecule has 0 saturated heterocycles. The first-order chi connectivity index (χ1) is 14.6. The Morgan fingerprint density at radius 3 is 2.19 bits per heavy atom. The maximum absolute atomic E-state index is 13.2. The molecular formula is C23H25ClN4O3. The van der Waals surface area contributed by atoms with E-state index >= 15 is 0 Å². The standard InChI is InChI=1S/C23H25ClN4O3/c1-23(2,3)31-21(30)18-19(25-20(29)15-11-13-16(24)14-12-15)26-22(27(4)5)28(18)17-9-7-6-8-10-17/h6-14H,1-5H3,(H,25,29). The van der Waals surface area contributed by atoms with E-state index in [-0.39, 0.29) is 11.5 Å². The van der Waals surface area contributed by atoms with Gasteiger partial charge in [-0.25, -0.2) is 4.79 Å². The molecule has 1 N–H and O–H groups in total. The topological polar surface area (TPSA) is 76.5 Å². The van der Waals surface area contributed by atoms with Gasteiger partial charge >= 0.3 is 5.97 Å². The molecule has 0 atom stereocenters. The maximum Gasteiger partial charge on any atom is 0.359 e. The summed E-state index contributed by atoms with van der Waals surface area (Å²) in [5.41, 5.74) is 0.511. The monoisotopic (exact) mass is 440 g/mol. The lowest BCUT2D eigenvalue weighted by atomic mass is 10.2. The van der Waals surface area contributed by atoms with Crippen molar-refractivity contribution in [3.05, 3.63) is 70.9 Å². The quantitative estimate of drug-likeness (QED) is 0.577. The Morgan fingerprint density at radius 2 is 1.65 bits per heavy atom. The number of hydrogen-bond acceptors (Lipinski definition) is 5. The Kier molecular flexibility index (Phi) is 6.36.